The van der Waals surface area contributed by atoms with E-state index in [1.807, 2.05) is 41.1 Å². The Bertz CT molecular complexity index is 569. The molecule has 0 aliphatic rings. The van der Waals surface area contributed by atoms with Crippen molar-refractivity contribution in [2.24, 2.45) is 0 Å². The first-order valence-electron chi connectivity index (χ1n) is 6.62. The highest BCUT2D eigenvalue weighted by molar-refractivity contribution is 7.11. The molecule has 0 saturated carbocycles. The van der Waals surface area contributed by atoms with Crippen molar-refractivity contribution in [3.05, 3.63) is 74.9 Å². The number of pyridine rings is 1. The normalized spacial score (nSPS) is 11.1. The van der Waals surface area contributed by atoms with Crippen LogP contribution >= 0.6 is 22.7 Å². The van der Waals surface area contributed by atoms with Gasteiger partial charge in [-0.2, -0.15) is 0 Å². The average molecular weight is 300 g/mol. The maximum atomic E-state index is 4.16. The number of nitrogens with one attached hydrogen (secondary N) is 1. The minimum absolute atomic E-state index is 0.312. The summed E-state index contributed by atoms with van der Waals surface area (Å²) in [6, 6.07) is 13.1. The number of hydrogen-bond donors (Lipinski definition) is 1. The summed E-state index contributed by atoms with van der Waals surface area (Å²) >= 11 is 3.61. The van der Waals surface area contributed by atoms with Gasteiger partial charge in [0.05, 0.1) is 6.04 Å². The molecule has 0 bridgehead atoms. The number of hydrogen-bond acceptors (Lipinski definition) is 4. The van der Waals surface area contributed by atoms with Gasteiger partial charge >= 0.3 is 0 Å². The van der Waals surface area contributed by atoms with Crippen LogP contribution in [0.25, 0.3) is 0 Å². The molecule has 4 heteroatoms. The van der Waals surface area contributed by atoms with Crippen LogP contribution in [0.15, 0.2) is 59.6 Å². The maximum Gasteiger partial charge on any atom is 0.0764 e. The molecule has 0 radical (unpaired) electrons. The van der Waals surface area contributed by atoms with Gasteiger partial charge in [0.2, 0.25) is 0 Å². The molecule has 3 aromatic heterocycles. The zero-order chi connectivity index (χ0) is 13.6. The van der Waals surface area contributed by atoms with Crippen molar-refractivity contribution in [3.63, 3.8) is 0 Å². The Labute approximate surface area is 127 Å². The Morgan fingerprint density at radius 2 is 1.75 bits per heavy atom. The third kappa shape index (κ3) is 3.33. The lowest BCUT2D eigenvalue weighted by Crippen LogP contribution is -2.23. The van der Waals surface area contributed by atoms with Gasteiger partial charge in [-0.05, 0) is 40.9 Å². The van der Waals surface area contributed by atoms with E-state index in [0.29, 0.717) is 6.04 Å². The van der Waals surface area contributed by atoms with E-state index in [-0.39, 0.29) is 0 Å². The highest BCUT2D eigenvalue weighted by Crippen LogP contribution is 2.28. The summed E-state index contributed by atoms with van der Waals surface area (Å²) in [7, 11) is 0. The number of rotatable bonds is 6. The van der Waals surface area contributed by atoms with Crippen LogP contribution in [0.5, 0.6) is 0 Å². The first kappa shape index (κ1) is 13.5. The summed E-state index contributed by atoms with van der Waals surface area (Å²) in [4.78, 5) is 6.91. The molecule has 0 aromatic carbocycles. The summed E-state index contributed by atoms with van der Waals surface area (Å²) in [5, 5.41) is 7.94. The van der Waals surface area contributed by atoms with Gasteiger partial charge in [0.15, 0.2) is 0 Å². The summed E-state index contributed by atoms with van der Waals surface area (Å²) in [5.74, 6) is 0. The molecule has 0 unspecified atom stereocenters. The van der Waals surface area contributed by atoms with Crippen molar-refractivity contribution < 1.29 is 0 Å². The van der Waals surface area contributed by atoms with Crippen molar-refractivity contribution in [2.45, 2.75) is 12.5 Å². The van der Waals surface area contributed by atoms with Crippen molar-refractivity contribution >= 4 is 22.7 Å². The first-order valence-corrected chi connectivity index (χ1v) is 8.38. The molecule has 1 N–H and O–H groups in total. The van der Waals surface area contributed by atoms with Crippen molar-refractivity contribution in [3.8, 4) is 0 Å². The molecule has 2 nitrogen and oxygen atoms in total. The van der Waals surface area contributed by atoms with E-state index in [4.69, 9.17) is 0 Å². The second-order valence-corrected chi connectivity index (χ2v) is 6.49. The summed E-state index contributed by atoms with van der Waals surface area (Å²) in [6.45, 7) is 0.951. The van der Waals surface area contributed by atoms with Gasteiger partial charge in [-0.3, -0.25) is 4.98 Å². The summed E-state index contributed by atoms with van der Waals surface area (Å²) in [6.07, 6.45) is 4.76. The smallest absolute Gasteiger partial charge is 0.0764 e. The molecule has 3 rings (SSSR count). The molecule has 0 spiro atoms. The third-order valence-corrected chi connectivity index (χ3v) is 5.01. The van der Waals surface area contributed by atoms with Gasteiger partial charge in [0.1, 0.15) is 0 Å². The number of aromatic nitrogens is 1. The molecule has 3 aromatic rings. The fraction of sp³-hybridized carbons (Fsp3) is 0.188. The largest absolute Gasteiger partial charge is 0.305 e. The average Bonchev–Trinajstić information content (AvgIpc) is 3.18. The van der Waals surface area contributed by atoms with E-state index < -0.39 is 0 Å². The predicted octanol–water partition coefficient (Wildman–Crippen LogP) is 4.13. The molecular weight excluding hydrogens is 284 g/mol. The molecular formula is C16H16N2S2. The third-order valence-electron chi connectivity index (χ3n) is 3.14. The molecule has 102 valence electrons. The monoisotopic (exact) mass is 300 g/mol. The molecule has 20 heavy (non-hydrogen) atoms. The van der Waals surface area contributed by atoms with Crippen LogP contribution in [0, 0.1) is 0 Å². The van der Waals surface area contributed by atoms with Crippen LogP contribution in [0.4, 0.5) is 0 Å². The van der Waals surface area contributed by atoms with Crippen molar-refractivity contribution in [1.82, 2.24) is 10.3 Å². The molecule has 3 heterocycles. The Hall–Kier alpha value is -1.49. The molecule has 0 fully saturated rings. The lowest BCUT2D eigenvalue weighted by molar-refractivity contribution is 0.620. The molecule has 0 amide bonds. The topological polar surface area (TPSA) is 24.9 Å². The van der Waals surface area contributed by atoms with E-state index in [0.717, 1.165) is 13.0 Å². The Kier molecular flexibility index (Phi) is 4.58. The van der Waals surface area contributed by atoms with Gasteiger partial charge in [-0.15, -0.1) is 22.7 Å². The van der Waals surface area contributed by atoms with E-state index in [1.165, 1.54) is 15.3 Å². The van der Waals surface area contributed by atoms with Crippen LogP contribution in [-0.2, 0) is 6.42 Å². The second-order valence-electron chi connectivity index (χ2n) is 4.53. The standard InChI is InChI=1S/C16H16N2S2/c1-4-13(12-17-8-1)7-9-18-16(14-5-2-10-19-14)15-6-3-11-20-15/h1-6,8,10-12,16,18H,7,9H2. The Morgan fingerprint density at radius 3 is 2.30 bits per heavy atom. The zero-order valence-electron chi connectivity index (χ0n) is 11.0. The lowest BCUT2D eigenvalue weighted by atomic mass is 10.1. The first-order chi connectivity index (χ1) is 9.93. The minimum Gasteiger partial charge on any atom is -0.305 e. The minimum atomic E-state index is 0.312. The number of nitrogens with zero attached hydrogens (tertiary/aromatic N) is 1. The fourth-order valence-electron chi connectivity index (χ4n) is 2.16. The lowest BCUT2D eigenvalue weighted by Gasteiger charge is -2.16. The van der Waals surface area contributed by atoms with Gasteiger partial charge in [-0.1, -0.05) is 18.2 Å². The zero-order valence-corrected chi connectivity index (χ0v) is 12.7. The molecule has 0 aliphatic carbocycles. The molecule has 0 saturated heterocycles. The van der Waals surface area contributed by atoms with Gasteiger partial charge in [0.25, 0.3) is 0 Å². The van der Waals surface area contributed by atoms with E-state index in [1.54, 1.807) is 0 Å². The maximum absolute atomic E-state index is 4.16. The van der Waals surface area contributed by atoms with Crippen molar-refractivity contribution in [2.75, 3.05) is 6.54 Å². The molecule has 0 atom stereocenters. The Balaban J connectivity index is 1.66. The van der Waals surface area contributed by atoms with E-state index in [9.17, 15) is 0 Å². The SMILES string of the molecule is c1cncc(CCNC(c2cccs2)c2cccs2)c1. The Morgan fingerprint density at radius 1 is 1.00 bits per heavy atom. The van der Waals surface area contributed by atoms with Crippen LogP contribution in [-0.4, -0.2) is 11.5 Å². The molecule has 0 aliphatic heterocycles. The summed E-state index contributed by atoms with van der Waals surface area (Å²) < 4.78 is 0. The van der Waals surface area contributed by atoms with Crippen molar-refractivity contribution in [1.29, 1.82) is 0 Å². The summed E-state index contributed by atoms with van der Waals surface area (Å²) in [5.41, 5.74) is 1.27. The van der Waals surface area contributed by atoms with Crippen LogP contribution in [0.2, 0.25) is 0 Å². The van der Waals surface area contributed by atoms with E-state index in [2.05, 4.69) is 51.4 Å². The van der Waals surface area contributed by atoms with Crippen LogP contribution in [0.3, 0.4) is 0 Å². The van der Waals surface area contributed by atoms with Crippen LogP contribution < -0.4 is 5.32 Å². The van der Waals surface area contributed by atoms with Crippen LogP contribution in [0.1, 0.15) is 21.4 Å². The van der Waals surface area contributed by atoms with Gasteiger partial charge in [-0.25, -0.2) is 0 Å². The number of thiophene rings is 2. The quantitative estimate of drug-likeness (QED) is 0.740. The van der Waals surface area contributed by atoms with Gasteiger partial charge < -0.3 is 5.32 Å². The highest BCUT2D eigenvalue weighted by atomic mass is 32.1. The second kappa shape index (κ2) is 6.79. The van der Waals surface area contributed by atoms with E-state index >= 15 is 0 Å². The fourth-order valence-corrected chi connectivity index (χ4v) is 3.87. The van der Waals surface area contributed by atoms with Gasteiger partial charge in [0, 0.05) is 28.7 Å². The predicted molar refractivity (Wildman–Crippen MR) is 86.4 cm³/mol. The highest BCUT2D eigenvalue weighted by Gasteiger charge is 2.15.